The van der Waals surface area contributed by atoms with Crippen LogP contribution in [0.2, 0.25) is 0 Å². The predicted octanol–water partition coefficient (Wildman–Crippen LogP) is 3.72. The molecule has 0 radical (unpaired) electrons. The van der Waals surface area contributed by atoms with E-state index in [0.717, 1.165) is 24.5 Å². The van der Waals surface area contributed by atoms with Crippen molar-refractivity contribution >= 4 is 17.3 Å². The summed E-state index contributed by atoms with van der Waals surface area (Å²) in [4.78, 5) is 24.9. The molecular formula is C21H28N4O4. The van der Waals surface area contributed by atoms with E-state index in [1.165, 1.54) is 31.4 Å². The second kappa shape index (κ2) is 10.6. The summed E-state index contributed by atoms with van der Waals surface area (Å²) < 4.78 is 5.61. The fourth-order valence-electron chi connectivity index (χ4n) is 3.60. The lowest BCUT2D eigenvalue weighted by Gasteiger charge is -2.33. The van der Waals surface area contributed by atoms with Crippen molar-refractivity contribution in [2.75, 3.05) is 31.5 Å². The molecule has 1 fully saturated rings. The maximum atomic E-state index is 12.3. The Labute approximate surface area is 170 Å². The van der Waals surface area contributed by atoms with Crippen LogP contribution in [-0.4, -0.2) is 41.9 Å². The molecule has 1 aromatic heterocycles. The molecule has 1 aromatic carbocycles. The zero-order chi connectivity index (χ0) is 20.5. The lowest BCUT2D eigenvalue weighted by Crippen LogP contribution is -2.40. The lowest BCUT2D eigenvalue weighted by molar-refractivity contribution is -0.384. The normalized spacial score (nSPS) is 15.6. The molecular weight excluding hydrogens is 372 g/mol. The van der Waals surface area contributed by atoms with Crippen molar-refractivity contribution < 1.29 is 14.1 Å². The molecule has 29 heavy (non-hydrogen) atoms. The van der Waals surface area contributed by atoms with Gasteiger partial charge in [0.05, 0.1) is 17.2 Å². The van der Waals surface area contributed by atoms with Gasteiger partial charge in [-0.15, -0.1) is 0 Å². The van der Waals surface area contributed by atoms with E-state index in [9.17, 15) is 14.9 Å². The van der Waals surface area contributed by atoms with Gasteiger partial charge in [0.25, 0.3) is 5.69 Å². The number of amides is 1. The molecule has 0 aliphatic carbocycles. The highest BCUT2D eigenvalue weighted by Crippen LogP contribution is 2.24. The molecule has 0 bridgehead atoms. The number of furan rings is 1. The third kappa shape index (κ3) is 6.32. The average Bonchev–Trinajstić information content (AvgIpc) is 3.27. The molecule has 0 spiro atoms. The largest absolute Gasteiger partial charge is 0.468 e. The molecule has 8 heteroatoms. The van der Waals surface area contributed by atoms with Gasteiger partial charge in [-0.05, 0) is 56.6 Å². The van der Waals surface area contributed by atoms with Crippen LogP contribution < -0.4 is 10.6 Å². The Morgan fingerprint density at radius 3 is 2.59 bits per heavy atom. The van der Waals surface area contributed by atoms with E-state index in [2.05, 4.69) is 15.5 Å². The highest BCUT2D eigenvalue weighted by Gasteiger charge is 2.24. The quantitative estimate of drug-likeness (QED) is 0.358. The minimum atomic E-state index is -0.423. The van der Waals surface area contributed by atoms with Crippen molar-refractivity contribution in [1.82, 2.24) is 10.2 Å². The summed E-state index contributed by atoms with van der Waals surface area (Å²) in [6.07, 6.45) is 6.40. The molecule has 1 aliphatic rings. The van der Waals surface area contributed by atoms with Gasteiger partial charge in [0.2, 0.25) is 5.91 Å². The van der Waals surface area contributed by atoms with E-state index in [1.54, 1.807) is 18.4 Å². The number of hydrogen-bond donors (Lipinski definition) is 2. The number of nitrogens with one attached hydrogen (secondary N) is 2. The van der Waals surface area contributed by atoms with E-state index in [-0.39, 0.29) is 17.6 Å². The van der Waals surface area contributed by atoms with Crippen molar-refractivity contribution in [1.29, 1.82) is 0 Å². The molecule has 1 unspecified atom stereocenters. The van der Waals surface area contributed by atoms with Crippen LogP contribution in [0.3, 0.4) is 0 Å². The van der Waals surface area contributed by atoms with Crippen molar-refractivity contribution in [3.8, 4) is 0 Å². The Hall–Kier alpha value is -2.87. The first-order valence-corrected chi connectivity index (χ1v) is 10.2. The Bertz CT molecular complexity index is 770. The number of anilines is 1. The van der Waals surface area contributed by atoms with Gasteiger partial charge in [-0.3, -0.25) is 19.8 Å². The zero-order valence-corrected chi connectivity index (χ0v) is 16.5. The molecule has 1 aliphatic heterocycles. The highest BCUT2D eigenvalue weighted by atomic mass is 16.6. The summed E-state index contributed by atoms with van der Waals surface area (Å²) in [7, 11) is 0. The van der Waals surface area contributed by atoms with E-state index in [1.807, 2.05) is 12.1 Å². The van der Waals surface area contributed by atoms with Crippen LogP contribution in [0, 0.1) is 10.1 Å². The fraction of sp³-hybridized carbons (Fsp3) is 0.476. The van der Waals surface area contributed by atoms with Crippen LogP contribution in [0.25, 0.3) is 0 Å². The number of hydrogen-bond acceptors (Lipinski definition) is 6. The predicted molar refractivity (Wildman–Crippen MR) is 111 cm³/mol. The molecule has 8 nitrogen and oxygen atoms in total. The molecule has 2 N–H and O–H groups in total. The van der Waals surface area contributed by atoms with E-state index >= 15 is 0 Å². The molecule has 3 rings (SSSR count). The Balaban J connectivity index is 1.39. The number of non-ortho nitro benzene ring substituents is 1. The summed E-state index contributed by atoms with van der Waals surface area (Å²) in [5.41, 5.74) is 0.869. The van der Waals surface area contributed by atoms with Crippen LogP contribution in [0.4, 0.5) is 11.4 Å². The standard InChI is InChI=1S/C21H28N4O4/c26-21(7-4-12-22-17-8-10-18(11-9-17)25(27)28)23-16-19(20-6-5-15-29-20)24-13-2-1-3-14-24/h5-6,8-11,15,19,22H,1-4,7,12-14,16H2,(H,23,26). The first-order chi connectivity index (χ1) is 14.1. The van der Waals surface area contributed by atoms with Gasteiger partial charge in [0, 0.05) is 37.3 Å². The van der Waals surface area contributed by atoms with Crippen molar-refractivity contribution in [2.45, 2.75) is 38.1 Å². The molecule has 156 valence electrons. The second-order valence-electron chi connectivity index (χ2n) is 7.27. The number of nitro groups is 1. The van der Waals surface area contributed by atoms with E-state index < -0.39 is 4.92 Å². The van der Waals surface area contributed by atoms with Gasteiger partial charge in [-0.25, -0.2) is 0 Å². The first-order valence-electron chi connectivity index (χ1n) is 10.2. The Morgan fingerprint density at radius 2 is 1.93 bits per heavy atom. The van der Waals surface area contributed by atoms with Crippen LogP contribution in [0.1, 0.15) is 43.9 Å². The number of carbonyl (C=O) groups is 1. The van der Waals surface area contributed by atoms with Crippen molar-refractivity contribution in [2.24, 2.45) is 0 Å². The topological polar surface area (TPSA) is 101 Å². The van der Waals surface area contributed by atoms with Crippen molar-refractivity contribution in [3.05, 3.63) is 58.5 Å². The summed E-state index contributed by atoms with van der Waals surface area (Å²) in [6, 6.07) is 10.2. The van der Waals surface area contributed by atoms with Crippen LogP contribution in [-0.2, 0) is 4.79 Å². The molecule has 1 atom stereocenters. The average molecular weight is 400 g/mol. The minimum absolute atomic E-state index is 0.0177. The Morgan fingerprint density at radius 1 is 1.17 bits per heavy atom. The van der Waals surface area contributed by atoms with Gasteiger partial charge in [0.15, 0.2) is 0 Å². The molecule has 1 amide bonds. The van der Waals surface area contributed by atoms with Gasteiger partial charge in [-0.2, -0.15) is 0 Å². The summed E-state index contributed by atoms with van der Waals surface area (Å²) in [6.45, 7) is 3.22. The van der Waals surface area contributed by atoms with E-state index in [4.69, 9.17) is 4.42 Å². The fourth-order valence-corrected chi connectivity index (χ4v) is 3.60. The molecule has 0 saturated carbocycles. The van der Waals surface area contributed by atoms with Crippen LogP contribution in [0.5, 0.6) is 0 Å². The summed E-state index contributed by atoms with van der Waals surface area (Å²) in [5.74, 6) is 0.913. The van der Waals surface area contributed by atoms with Crippen LogP contribution in [0.15, 0.2) is 47.1 Å². The maximum absolute atomic E-state index is 12.3. The number of nitro benzene ring substituents is 1. The first kappa shape index (κ1) is 20.9. The number of piperidine rings is 1. The number of benzene rings is 1. The number of rotatable bonds is 10. The number of nitrogens with zero attached hydrogens (tertiary/aromatic N) is 2. The van der Waals surface area contributed by atoms with Crippen LogP contribution >= 0.6 is 0 Å². The number of carbonyl (C=O) groups excluding carboxylic acids is 1. The Kier molecular flexibility index (Phi) is 7.63. The third-order valence-corrected chi connectivity index (χ3v) is 5.18. The molecule has 2 heterocycles. The highest BCUT2D eigenvalue weighted by molar-refractivity contribution is 5.75. The van der Waals surface area contributed by atoms with Crippen molar-refractivity contribution in [3.63, 3.8) is 0 Å². The van der Waals surface area contributed by atoms with E-state index in [0.29, 0.717) is 25.9 Å². The SMILES string of the molecule is O=C(CCCNc1ccc([N+](=O)[O-])cc1)NCC(c1ccco1)N1CCCCC1. The monoisotopic (exact) mass is 400 g/mol. The lowest BCUT2D eigenvalue weighted by atomic mass is 10.1. The molecule has 2 aromatic rings. The maximum Gasteiger partial charge on any atom is 0.269 e. The third-order valence-electron chi connectivity index (χ3n) is 5.18. The zero-order valence-electron chi connectivity index (χ0n) is 16.5. The smallest absolute Gasteiger partial charge is 0.269 e. The number of likely N-dealkylation sites (tertiary alicyclic amines) is 1. The summed E-state index contributed by atoms with van der Waals surface area (Å²) >= 11 is 0. The van der Waals surface area contributed by atoms with Gasteiger partial charge in [0.1, 0.15) is 5.76 Å². The second-order valence-corrected chi connectivity index (χ2v) is 7.27. The van der Waals surface area contributed by atoms with Gasteiger partial charge < -0.3 is 15.1 Å². The van der Waals surface area contributed by atoms with Gasteiger partial charge >= 0.3 is 0 Å². The molecule has 1 saturated heterocycles. The van der Waals surface area contributed by atoms with Gasteiger partial charge in [-0.1, -0.05) is 6.42 Å². The minimum Gasteiger partial charge on any atom is -0.468 e. The summed E-state index contributed by atoms with van der Waals surface area (Å²) in [5, 5.41) is 16.9.